The summed E-state index contributed by atoms with van der Waals surface area (Å²) in [6.07, 6.45) is 5.88. The van der Waals surface area contributed by atoms with Crippen LogP contribution in [-0.2, 0) is 26.8 Å². The van der Waals surface area contributed by atoms with Gasteiger partial charge in [-0.15, -0.1) is 0 Å². The van der Waals surface area contributed by atoms with Crippen LogP contribution < -0.4 is 5.32 Å². The Bertz CT molecular complexity index is 1050. The molecule has 3 N–H and O–H groups in total. The topological polar surface area (TPSA) is 128 Å². The fourth-order valence-corrected chi connectivity index (χ4v) is 5.75. The van der Waals surface area contributed by atoms with Gasteiger partial charge in [0.1, 0.15) is 5.41 Å². The highest BCUT2D eigenvalue weighted by Crippen LogP contribution is 2.55. The zero-order valence-corrected chi connectivity index (χ0v) is 19.3. The van der Waals surface area contributed by atoms with Crippen molar-refractivity contribution in [2.45, 2.75) is 30.7 Å². The standard InChI is InChI=1S/C23H29N5O3.CH2O2/c1-26-15-17(14-24-26)20-23(18-4-2-3-5-19(18)25-22(23)31)8-11-28(20)21(30)16-6-9-27(10-7-16)12-13-29;2-1-3/h2-5,14-16,20,29H,6-13H2,1H3,(H,25,31);1H,(H,2,3). The summed E-state index contributed by atoms with van der Waals surface area (Å²) >= 11 is 0. The number of fused-ring (bicyclic) bond motifs is 2. The number of carbonyl (C=O) groups excluding carboxylic acids is 2. The molecule has 2 saturated heterocycles. The van der Waals surface area contributed by atoms with E-state index in [9.17, 15) is 14.7 Å². The predicted molar refractivity (Wildman–Crippen MR) is 124 cm³/mol. The Hall–Kier alpha value is -3.24. The van der Waals surface area contributed by atoms with E-state index < -0.39 is 5.41 Å². The highest BCUT2D eigenvalue weighted by Gasteiger charge is 2.60. The van der Waals surface area contributed by atoms with E-state index in [0.717, 1.165) is 42.7 Å². The van der Waals surface area contributed by atoms with Crippen molar-refractivity contribution >= 4 is 24.0 Å². The molecule has 0 saturated carbocycles. The Kier molecular flexibility index (Phi) is 6.99. The molecule has 3 aliphatic rings. The number of hydrogen-bond donors (Lipinski definition) is 3. The van der Waals surface area contributed by atoms with Gasteiger partial charge in [-0.25, -0.2) is 0 Å². The lowest BCUT2D eigenvalue weighted by Gasteiger charge is -2.37. The molecular weight excluding hydrogens is 438 g/mol. The maximum atomic E-state index is 13.7. The quantitative estimate of drug-likeness (QED) is 0.570. The molecule has 4 heterocycles. The minimum Gasteiger partial charge on any atom is -0.483 e. The molecule has 2 fully saturated rings. The smallest absolute Gasteiger partial charge is 0.290 e. The number of amides is 2. The van der Waals surface area contributed by atoms with Crippen LogP contribution in [0.2, 0.25) is 0 Å². The molecule has 0 aliphatic carbocycles. The lowest BCUT2D eigenvalue weighted by atomic mass is 9.73. The minimum absolute atomic E-state index is 0.0318. The molecule has 5 rings (SSSR count). The Morgan fingerprint density at radius 3 is 2.62 bits per heavy atom. The van der Waals surface area contributed by atoms with Crippen LogP contribution >= 0.6 is 0 Å². The molecule has 1 aromatic carbocycles. The van der Waals surface area contributed by atoms with Gasteiger partial charge in [-0.05, 0) is 44.0 Å². The SMILES string of the molecule is Cn1cc(C2N(C(=O)C3CCN(CCO)CC3)CCC23C(=O)Nc2ccccc23)cn1.O=CO. The second-order valence-electron chi connectivity index (χ2n) is 9.05. The van der Waals surface area contributed by atoms with Gasteiger partial charge in [0, 0.05) is 43.5 Å². The van der Waals surface area contributed by atoms with Crippen LogP contribution in [-0.4, -0.2) is 80.9 Å². The highest BCUT2D eigenvalue weighted by atomic mass is 16.3. The Labute approximate surface area is 198 Å². The van der Waals surface area contributed by atoms with E-state index in [-0.39, 0.29) is 36.9 Å². The number of nitrogens with one attached hydrogen (secondary N) is 1. The number of aromatic nitrogens is 2. The fourth-order valence-electron chi connectivity index (χ4n) is 5.75. The van der Waals surface area contributed by atoms with Gasteiger partial charge in [0.15, 0.2) is 0 Å². The van der Waals surface area contributed by atoms with E-state index in [2.05, 4.69) is 15.3 Å². The average molecular weight is 470 g/mol. The maximum Gasteiger partial charge on any atom is 0.290 e. The number of hydrogen-bond acceptors (Lipinski definition) is 6. The number of likely N-dealkylation sites (tertiary alicyclic amines) is 2. The summed E-state index contributed by atoms with van der Waals surface area (Å²) in [7, 11) is 1.86. The van der Waals surface area contributed by atoms with Gasteiger partial charge in [0.05, 0.1) is 18.8 Å². The van der Waals surface area contributed by atoms with Crippen molar-refractivity contribution < 1.29 is 24.6 Å². The Morgan fingerprint density at radius 2 is 1.97 bits per heavy atom. The summed E-state index contributed by atoms with van der Waals surface area (Å²) in [5.41, 5.74) is 1.93. The number of nitrogens with zero attached hydrogens (tertiary/aromatic N) is 4. The Balaban J connectivity index is 0.000000868. The molecule has 10 nitrogen and oxygen atoms in total. The second-order valence-corrected chi connectivity index (χ2v) is 9.05. The zero-order valence-electron chi connectivity index (χ0n) is 19.3. The van der Waals surface area contributed by atoms with Gasteiger partial charge in [0.25, 0.3) is 6.47 Å². The first-order valence-corrected chi connectivity index (χ1v) is 11.6. The van der Waals surface area contributed by atoms with Crippen molar-refractivity contribution in [3.05, 3.63) is 47.8 Å². The summed E-state index contributed by atoms with van der Waals surface area (Å²) in [6.45, 7) is 2.73. The molecule has 34 heavy (non-hydrogen) atoms. The number of benzene rings is 1. The lowest BCUT2D eigenvalue weighted by Crippen LogP contribution is -2.46. The molecule has 10 heteroatoms. The van der Waals surface area contributed by atoms with E-state index >= 15 is 0 Å². The normalized spacial score (nSPS) is 24.5. The summed E-state index contributed by atoms with van der Waals surface area (Å²) in [5, 5.41) is 23.5. The number of carbonyl (C=O) groups is 3. The van der Waals surface area contributed by atoms with Crippen molar-refractivity contribution in [1.82, 2.24) is 19.6 Å². The third-order valence-corrected chi connectivity index (χ3v) is 7.26. The monoisotopic (exact) mass is 469 g/mol. The molecule has 0 bridgehead atoms. The van der Waals surface area contributed by atoms with Gasteiger partial charge in [-0.1, -0.05) is 18.2 Å². The summed E-state index contributed by atoms with van der Waals surface area (Å²) in [5.74, 6) is 0.0474. The van der Waals surface area contributed by atoms with E-state index in [0.29, 0.717) is 19.5 Å². The van der Waals surface area contributed by atoms with Crippen molar-refractivity contribution in [3.63, 3.8) is 0 Å². The van der Waals surface area contributed by atoms with Crippen LogP contribution in [0.3, 0.4) is 0 Å². The molecule has 2 atom stereocenters. The minimum atomic E-state index is -0.785. The van der Waals surface area contributed by atoms with E-state index in [1.165, 1.54) is 0 Å². The number of anilines is 1. The fraction of sp³-hybridized carbons (Fsp3) is 0.500. The average Bonchev–Trinajstić information content (AvgIpc) is 3.51. The van der Waals surface area contributed by atoms with Crippen molar-refractivity contribution in [3.8, 4) is 0 Å². The van der Waals surface area contributed by atoms with Crippen LogP contribution in [0.5, 0.6) is 0 Å². The number of aliphatic hydroxyl groups excluding tert-OH is 1. The maximum absolute atomic E-state index is 13.7. The molecule has 1 aromatic heterocycles. The summed E-state index contributed by atoms with van der Waals surface area (Å²) in [4.78, 5) is 39.6. The van der Waals surface area contributed by atoms with Crippen LogP contribution in [0.15, 0.2) is 36.7 Å². The zero-order chi connectivity index (χ0) is 24.3. The van der Waals surface area contributed by atoms with Crippen LogP contribution in [0.1, 0.15) is 36.4 Å². The number of carboxylic acid groups (broad SMARTS) is 1. The number of para-hydroxylation sites is 1. The number of piperidine rings is 1. The van der Waals surface area contributed by atoms with Crippen LogP contribution in [0, 0.1) is 5.92 Å². The van der Waals surface area contributed by atoms with E-state index in [1.54, 1.807) is 10.9 Å². The first kappa shape index (κ1) is 23.9. The van der Waals surface area contributed by atoms with E-state index in [4.69, 9.17) is 9.90 Å². The van der Waals surface area contributed by atoms with Gasteiger partial charge < -0.3 is 25.3 Å². The molecule has 1 spiro atoms. The molecule has 2 aromatic rings. The lowest BCUT2D eigenvalue weighted by molar-refractivity contribution is -0.139. The van der Waals surface area contributed by atoms with Crippen molar-refractivity contribution in [1.29, 1.82) is 0 Å². The molecule has 0 radical (unpaired) electrons. The van der Waals surface area contributed by atoms with Gasteiger partial charge >= 0.3 is 0 Å². The first-order chi connectivity index (χ1) is 16.5. The molecule has 2 unspecified atom stereocenters. The van der Waals surface area contributed by atoms with Crippen molar-refractivity contribution in [2.75, 3.05) is 38.1 Å². The molecule has 2 amide bonds. The van der Waals surface area contributed by atoms with Gasteiger partial charge in [-0.3, -0.25) is 19.1 Å². The van der Waals surface area contributed by atoms with Gasteiger partial charge in [-0.2, -0.15) is 5.10 Å². The van der Waals surface area contributed by atoms with Crippen LogP contribution in [0.25, 0.3) is 0 Å². The van der Waals surface area contributed by atoms with Crippen LogP contribution in [0.4, 0.5) is 5.69 Å². The number of β-amino-alcohol motifs (C(OH)–C–C–N with tert-alkyl or cyclic N) is 1. The third-order valence-electron chi connectivity index (χ3n) is 7.26. The highest BCUT2D eigenvalue weighted by molar-refractivity contribution is 6.07. The summed E-state index contributed by atoms with van der Waals surface area (Å²) in [6, 6.07) is 7.46. The Morgan fingerprint density at radius 1 is 1.26 bits per heavy atom. The molecule has 3 aliphatic heterocycles. The number of aryl methyl sites for hydroxylation is 1. The second kappa shape index (κ2) is 9.94. The number of rotatable bonds is 4. The third kappa shape index (κ3) is 4.07. The number of aliphatic hydroxyl groups is 1. The largest absolute Gasteiger partial charge is 0.483 e. The van der Waals surface area contributed by atoms with Gasteiger partial charge in [0.2, 0.25) is 11.8 Å². The van der Waals surface area contributed by atoms with E-state index in [1.807, 2.05) is 42.4 Å². The molecular formula is C24H31N5O5. The predicted octanol–water partition coefficient (Wildman–Crippen LogP) is 0.989. The summed E-state index contributed by atoms with van der Waals surface area (Å²) < 4.78 is 1.73. The first-order valence-electron chi connectivity index (χ1n) is 11.6. The van der Waals surface area contributed by atoms with Crippen molar-refractivity contribution in [2.24, 2.45) is 13.0 Å². The molecule has 182 valence electrons.